The van der Waals surface area contributed by atoms with Gasteiger partial charge in [-0.3, -0.25) is 4.79 Å². The van der Waals surface area contributed by atoms with Crippen molar-refractivity contribution in [3.8, 4) is 0 Å². The molecule has 1 heterocycles. The number of nitrogens with zero attached hydrogens (tertiary/aromatic N) is 2. The molecular formula is C28H30N2O3S2. The van der Waals surface area contributed by atoms with Crippen molar-refractivity contribution in [3.05, 3.63) is 100 Å². The van der Waals surface area contributed by atoms with E-state index < -0.39 is 10.0 Å². The van der Waals surface area contributed by atoms with Gasteiger partial charge in [-0.15, -0.1) is 11.3 Å². The van der Waals surface area contributed by atoms with E-state index >= 15 is 0 Å². The standard InChI is InChI=1S/C28H30N2O3S2/c1-21(2)30(35(32,33)27-15-9-13-24-12-7-8-14-26(24)27)20-28(31)29(18-23-10-5-4-6-11-23)19-25-17-16-22(3)34-25/h4-17,21H,18-20H2,1-3H3. The van der Waals surface area contributed by atoms with Crippen LogP contribution in [-0.4, -0.2) is 36.1 Å². The van der Waals surface area contributed by atoms with Crippen molar-refractivity contribution in [2.45, 2.75) is 44.8 Å². The summed E-state index contributed by atoms with van der Waals surface area (Å²) < 4.78 is 29.0. The molecule has 1 amide bonds. The molecule has 35 heavy (non-hydrogen) atoms. The van der Waals surface area contributed by atoms with E-state index in [2.05, 4.69) is 0 Å². The predicted molar refractivity (Wildman–Crippen MR) is 143 cm³/mol. The Hall–Kier alpha value is -3.00. The maximum absolute atomic E-state index is 13.8. The third-order valence-corrected chi connectivity index (χ3v) is 8.98. The Morgan fingerprint density at radius 2 is 1.54 bits per heavy atom. The number of rotatable bonds is 9. The Kier molecular flexibility index (Phi) is 7.69. The van der Waals surface area contributed by atoms with Gasteiger partial charge in [0.15, 0.2) is 0 Å². The van der Waals surface area contributed by atoms with Crippen LogP contribution in [0.4, 0.5) is 0 Å². The average molecular weight is 507 g/mol. The van der Waals surface area contributed by atoms with Gasteiger partial charge in [0.05, 0.1) is 18.0 Å². The van der Waals surface area contributed by atoms with Gasteiger partial charge in [0, 0.05) is 27.7 Å². The monoisotopic (exact) mass is 506 g/mol. The molecule has 0 aliphatic heterocycles. The number of benzene rings is 3. The van der Waals surface area contributed by atoms with Crippen molar-refractivity contribution in [2.75, 3.05) is 6.54 Å². The highest BCUT2D eigenvalue weighted by Crippen LogP contribution is 2.27. The van der Waals surface area contributed by atoms with Gasteiger partial charge in [0.2, 0.25) is 15.9 Å². The third-order valence-electron chi connectivity index (χ3n) is 5.92. The second-order valence-electron chi connectivity index (χ2n) is 8.87. The van der Waals surface area contributed by atoms with Crippen molar-refractivity contribution in [3.63, 3.8) is 0 Å². The highest BCUT2D eigenvalue weighted by atomic mass is 32.2. The van der Waals surface area contributed by atoms with E-state index in [0.29, 0.717) is 18.5 Å². The zero-order valence-electron chi connectivity index (χ0n) is 20.2. The second kappa shape index (κ2) is 10.7. The fourth-order valence-electron chi connectivity index (χ4n) is 4.12. The third kappa shape index (κ3) is 5.81. The second-order valence-corrected chi connectivity index (χ2v) is 12.1. The number of hydrogen-bond donors (Lipinski definition) is 0. The highest BCUT2D eigenvalue weighted by molar-refractivity contribution is 7.89. The van der Waals surface area contributed by atoms with Gasteiger partial charge in [-0.2, -0.15) is 4.31 Å². The largest absolute Gasteiger partial charge is 0.332 e. The van der Waals surface area contributed by atoms with Crippen molar-refractivity contribution in [1.82, 2.24) is 9.21 Å². The number of amides is 1. The van der Waals surface area contributed by atoms with Gasteiger partial charge in [0.1, 0.15) is 0 Å². The summed E-state index contributed by atoms with van der Waals surface area (Å²) in [6.07, 6.45) is 0. The minimum atomic E-state index is -3.91. The Balaban J connectivity index is 1.65. The molecule has 0 saturated heterocycles. The molecule has 1 aromatic heterocycles. The number of carbonyl (C=O) groups is 1. The summed E-state index contributed by atoms with van der Waals surface area (Å²) in [7, 11) is -3.91. The van der Waals surface area contributed by atoms with Crippen LogP contribution in [0.5, 0.6) is 0 Å². The normalized spacial score (nSPS) is 11.9. The van der Waals surface area contributed by atoms with Crippen molar-refractivity contribution >= 4 is 38.0 Å². The van der Waals surface area contributed by atoms with Gasteiger partial charge < -0.3 is 4.90 Å². The molecule has 0 aliphatic rings. The lowest BCUT2D eigenvalue weighted by Crippen LogP contribution is -2.45. The molecule has 7 heteroatoms. The highest BCUT2D eigenvalue weighted by Gasteiger charge is 2.32. The summed E-state index contributed by atoms with van der Waals surface area (Å²) in [5.74, 6) is -0.225. The van der Waals surface area contributed by atoms with E-state index in [1.807, 2.05) is 79.7 Å². The van der Waals surface area contributed by atoms with Crippen LogP contribution < -0.4 is 0 Å². The van der Waals surface area contributed by atoms with Crippen LogP contribution >= 0.6 is 11.3 Å². The van der Waals surface area contributed by atoms with E-state index in [9.17, 15) is 13.2 Å². The molecule has 0 unspecified atom stereocenters. The summed E-state index contributed by atoms with van der Waals surface area (Å²) in [5, 5.41) is 1.51. The summed E-state index contributed by atoms with van der Waals surface area (Å²) in [6.45, 7) is 6.28. The lowest BCUT2D eigenvalue weighted by molar-refractivity contribution is -0.132. The zero-order chi connectivity index (χ0) is 25.0. The first-order chi connectivity index (χ1) is 16.8. The summed E-state index contributed by atoms with van der Waals surface area (Å²) in [4.78, 5) is 17.9. The maximum atomic E-state index is 13.8. The van der Waals surface area contributed by atoms with Crippen LogP contribution in [-0.2, 0) is 27.9 Å². The molecule has 0 N–H and O–H groups in total. The number of carbonyl (C=O) groups excluding carboxylic acids is 1. The zero-order valence-corrected chi connectivity index (χ0v) is 21.9. The molecule has 3 aromatic carbocycles. The minimum Gasteiger partial charge on any atom is -0.332 e. The Morgan fingerprint density at radius 1 is 0.857 bits per heavy atom. The molecule has 0 spiro atoms. The molecule has 0 fully saturated rings. The van der Waals surface area contributed by atoms with Gasteiger partial charge in [-0.1, -0.05) is 66.7 Å². The van der Waals surface area contributed by atoms with Crippen LogP contribution in [0.2, 0.25) is 0 Å². The molecule has 0 radical (unpaired) electrons. The van der Waals surface area contributed by atoms with Gasteiger partial charge >= 0.3 is 0 Å². The Labute approximate surface area is 211 Å². The molecule has 182 valence electrons. The van der Waals surface area contributed by atoms with Crippen LogP contribution in [0.1, 0.15) is 29.2 Å². The van der Waals surface area contributed by atoms with E-state index in [4.69, 9.17) is 0 Å². The van der Waals surface area contributed by atoms with Crippen LogP contribution in [0.25, 0.3) is 10.8 Å². The number of fused-ring (bicyclic) bond motifs is 1. The smallest absolute Gasteiger partial charge is 0.244 e. The van der Waals surface area contributed by atoms with Crippen molar-refractivity contribution in [1.29, 1.82) is 0 Å². The van der Waals surface area contributed by atoms with Crippen molar-refractivity contribution < 1.29 is 13.2 Å². The minimum absolute atomic E-state index is 0.222. The number of sulfonamides is 1. The summed E-state index contributed by atoms with van der Waals surface area (Å²) in [5.41, 5.74) is 1.00. The Bertz CT molecular complexity index is 1410. The Morgan fingerprint density at radius 3 is 2.23 bits per heavy atom. The molecule has 5 nitrogen and oxygen atoms in total. The molecule has 4 rings (SSSR count). The summed E-state index contributed by atoms with van der Waals surface area (Å²) >= 11 is 1.65. The first-order valence-corrected chi connectivity index (χ1v) is 13.9. The topological polar surface area (TPSA) is 57.7 Å². The van der Waals surface area contributed by atoms with E-state index in [-0.39, 0.29) is 23.4 Å². The first kappa shape index (κ1) is 25.1. The summed E-state index contributed by atoms with van der Waals surface area (Å²) in [6, 6.07) is 26.1. The fourth-order valence-corrected chi connectivity index (χ4v) is 6.83. The number of aryl methyl sites for hydroxylation is 1. The maximum Gasteiger partial charge on any atom is 0.244 e. The molecule has 0 atom stereocenters. The fraction of sp³-hybridized carbons (Fsp3) is 0.250. The SMILES string of the molecule is Cc1ccc(CN(Cc2ccccc2)C(=O)CN(C(C)C)S(=O)(=O)c2cccc3ccccc23)s1. The molecule has 0 saturated carbocycles. The lowest BCUT2D eigenvalue weighted by Gasteiger charge is -2.29. The van der Waals surface area contributed by atoms with E-state index in [1.54, 1.807) is 42.2 Å². The van der Waals surface area contributed by atoms with Crippen molar-refractivity contribution in [2.24, 2.45) is 0 Å². The van der Waals surface area contributed by atoms with Crippen LogP contribution in [0.15, 0.2) is 89.8 Å². The predicted octanol–water partition coefficient (Wildman–Crippen LogP) is 5.84. The average Bonchev–Trinajstić information content (AvgIpc) is 3.26. The quantitative estimate of drug-likeness (QED) is 0.287. The van der Waals surface area contributed by atoms with Gasteiger partial charge in [-0.05, 0) is 49.9 Å². The van der Waals surface area contributed by atoms with Gasteiger partial charge in [0.25, 0.3) is 0 Å². The van der Waals surface area contributed by atoms with E-state index in [0.717, 1.165) is 15.8 Å². The van der Waals surface area contributed by atoms with E-state index in [1.165, 1.54) is 9.18 Å². The molecule has 0 bridgehead atoms. The molecule has 0 aliphatic carbocycles. The lowest BCUT2D eigenvalue weighted by atomic mass is 10.1. The number of hydrogen-bond acceptors (Lipinski definition) is 4. The number of thiophene rings is 1. The first-order valence-electron chi connectivity index (χ1n) is 11.6. The van der Waals surface area contributed by atoms with Crippen LogP contribution in [0.3, 0.4) is 0 Å². The van der Waals surface area contributed by atoms with Crippen LogP contribution in [0, 0.1) is 6.92 Å². The molecule has 4 aromatic rings. The molecular weight excluding hydrogens is 476 g/mol. The van der Waals surface area contributed by atoms with Gasteiger partial charge in [-0.25, -0.2) is 8.42 Å².